The van der Waals surface area contributed by atoms with Gasteiger partial charge in [0.1, 0.15) is 0 Å². The highest BCUT2D eigenvalue weighted by atomic mass is 79.9. The molecule has 0 saturated heterocycles. The fraction of sp³-hybridized carbons (Fsp3) is 0.250. The van der Waals surface area contributed by atoms with Crippen molar-refractivity contribution in [2.45, 2.75) is 12.8 Å². The minimum Gasteiger partial charge on any atom is -0.462 e. The number of hydrogen-bond donors (Lipinski definition) is 0. The fourth-order valence-electron chi connectivity index (χ4n) is 2.61. The molecule has 0 amide bonds. The van der Waals surface area contributed by atoms with Crippen LogP contribution in [-0.2, 0) is 4.74 Å². The number of carbonyl (C=O) groups excluding carboxylic acids is 1. The molecule has 0 radical (unpaired) electrons. The molecule has 1 aliphatic carbocycles. The molecule has 23 heavy (non-hydrogen) atoms. The molecular weight excluding hydrogens is 352 g/mol. The van der Waals surface area contributed by atoms with E-state index in [1.807, 2.05) is 30.3 Å². The van der Waals surface area contributed by atoms with Crippen LogP contribution in [0, 0.1) is 11.8 Å². The molecule has 0 N–H and O–H groups in total. The summed E-state index contributed by atoms with van der Waals surface area (Å²) in [6.07, 6.45) is 6.58. The van der Waals surface area contributed by atoms with Gasteiger partial charge in [-0.2, -0.15) is 0 Å². The SMILES string of the molecule is O=C(OCC[C@@H]1C[C@H]1/C=C/c1ccccc1)c1ccc(Br)cc1. The van der Waals surface area contributed by atoms with Gasteiger partial charge in [-0.25, -0.2) is 4.79 Å². The Bertz CT molecular complexity index is 677. The van der Waals surface area contributed by atoms with Crippen molar-refractivity contribution in [2.75, 3.05) is 6.61 Å². The second kappa shape index (κ2) is 7.60. The summed E-state index contributed by atoms with van der Waals surface area (Å²) in [7, 11) is 0. The van der Waals surface area contributed by atoms with Crippen LogP contribution in [0.1, 0.15) is 28.8 Å². The van der Waals surface area contributed by atoms with E-state index in [0.717, 1.165) is 10.9 Å². The van der Waals surface area contributed by atoms with Gasteiger partial charge >= 0.3 is 5.97 Å². The number of hydrogen-bond acceptors (Lipinski definition) is 2. The van der Waals surface area contributed by atoms with Crippen LogP contribution in [-0.4, -0.2) is 12.6 Å². The Hall–Kier alpha value is -1.87. The Morgan fingerprint density at radius 3 is 2.61 bits per heavy atom. The number of benzene rings is 2. The highest BCUT2D eigenvalue weighted by Crippen LogP contribution is 2.42. The Kier molecular flexibility index (Phi) is 5.29. The Balaban J connectivity index is 1.38. The minimum absolute atomic E-state index is 0.241. The lowest BCUT2D eigenvalue weighted by Gasteiger charge is -2.04. The van der Waals surface area contributed by atoms with Crippen LogP contribution in [0.5, 0.6) is 0 Å². The van der Waals surface area contributed by atoms with Crippen LogP contribution in [0.15, 0.2) is 65.1 Å². The van der Waals surface area contributed by atoms with Crippen LogP contribution in [0.25, 0.3) is 6.08 Å². The van der Waals surface area contributed by atoms with Crippen molar-refractivity contribution in [1.29, 1.82) is 0 Å². The molecule has 2 aromatic carbocycles. The van der Waals surface area contributed by atoms with Gasteiger partial charge in [0.05, 0.1) is 12.2 Å². The molecule has 2 nitrogen and oxygen atoms in total. The largest absolute Gasteiger partial charge is 0.462 e. The first-order valence-corrected chi connectivity index (χ1v) is 8.67. The Morgan fingerprint density at radius 2 is 1.87 bits per heavy atom. The van der Waals surface area contributed by atoms with Crippen molar-refractivity contribution in [1.82, 2.24) is 0 Å². The summed E-state index contributed by atoms with van der Waals surface area (Å²) in [5, 5.41) is 0. The van der Waals surface area contributed by atoms with E-state index in [4.69, 9.17) is 4.74 Å². The van der Waals surface area contributed by atoms with E-state index in [0.29, 0.717) is 24.0 Å². The van der Waals surface area contributed by atoms with Gasteiger partial charge < -0.3 is 4.74 Å². The summed E-state index contributed by atoms with van der Waals surface area (Å²) in [5.41, 5.74) is 1.84. The lowest BCUT2D eigenvalue weighted by molar-refractivity contribution is 0.0494. The van der Waals surface area contributed by atoms with Crippen molar-refractivity contribution >= 4 is 28.0 Å². The van der Waals surface area contributed by atoms with Gasteiger partial charge in [-0.3, -0.25) is 0 Å². The average molecular weight is 371 g/mol. The molecule has 3 rings (SSSR count). The summed E-state index contributed by atoms with van der Waals surface area (Å²) >= 11 is 3.35. The molecule has 0 aromatic heterocycles. The van der Waals surface area contributed by atoms with Crippen molar-refractivity contribution in [2.24, 2.45) is 11.8 Å². The first-order chi connectivity index (χ1) is 11.2. The zero-order valence-electron chi connectivity index (χ0n) is 12.8. The van der Waals surface area contributed by atoms with E-state index in [-0.39, 0.29) is 5.97 Å². The van der Waals surface area contributed by atoms with Gasteiger partial charge in [-0.05, 0) is 54.5 Å². The minimum atomic E-state index is -0.241. The molecule has 2 aromatic rings. The highest BCUT2D eigenvalue weighted by molar-refractivity contribution is 9.10. The van der Waals surface area contributed by atoms with E-state index in [9.17, 15) is 4.79 Å². The third-order valence-electron chi connectivity index (χ3n) is 4.11. The topological polar surface area (TPSA) is 26.3 Å². The molecule has 0 heterocycles. The second-order valence-electron chi connectivity index (χ2n) is 5.86. The van der Waals surface area contributed by atoms with Gasteiger partial charge in [0, 0.05) is 4.47 Å². The van der Waals surface area contributed by atoms with Crippen LogP contribution in [0.4, 0.5) is 0 Å². The van der Waals surface area contributed by atoms with Gasteiger partial charge in [0.2, 0.25) is 0 Å². The van der Waals surface area contributed by atoms with Gasteiger partial charge in [0.15, 0.2) is 0 Å². The monoisotopic (exact) mass is 370 g/mol. The number of allylic oxidation sites excluding steroid dienone is 1. The van der Waals surface area contributed by atoms with Crippen molar-refractivity contribution in [3.05, 3.63) is 76.3 Å². The smallest absolute Gasteiger partial charge is 0.338 e. The summed E-state index contributed by atoms with van der Waals surface area (Å²) in [5.74, 6) is 1.03. The van der Waals surface area contributed by atoms with Gasteiger partial charge in [0.25, 0.3) is 0 Å². The van der Waals surface area contributed by atoms with Gasteiger partial charge in [-0.1, -0.05) is 58.4 Å². The van der Waals surface area contributed by atoms with Crippen molar-refractivity contribution in [3.8, 4) is 0 Å². The number of esters is 1. The highest BCUT2D eigenvalue weighted by Gasteiger charge is 2.34. The van der Waals surface area contributed by atoms with E-state index in [2.05, 4.69) is 40.2 Å². The molecule has 0 bridgehead atoms. The summed E-state index contributed by atoms with van der Waals surface area (Å²) in [6.45, 7) is 0.495. The fourth-order valence-corrected chi connectivity index (χ4v) is 2.87. The summed E-state index contributed by atoms with van der Waals surface area (Å²) < 4.78 is 6.31. The van der Waals surface area contributed by atoms with Crippen LogP contribution < -0.4 is 0 Å². The molecule has 1 saturated carbocycles. The third-order valence-corrected chi connectivity index (χ3v) is 4.64. The van der Waals surface area contributed by atoms with E-state index >= 15 is 0 Å². The van der Waals surface area contributed by atoms with E-state index in [1.165, 1.54) is 12.0 Å². The van der Waals surface area contributed by atoms with Crippen LogP contribution in [0.2, 0.25) is 0 Å². The van der Waals surface area contributed by atoms with Gasteiger partial charge in [-0.15, -0.1) is 0 Å². The van der Waals surface area contributed by atoms with E-state index < -0.39 is 0 Å². The maximum absolute atomic E-state index is 11.9. The Labute approximate surface area is 145 Å². The lowest BCUT2D eigenvalue weighted by atomic mass is 10.1. The summed E-state index contributed by atoms with van der Waals surface area (Å²) in [6, 6.07) is 17.6. The molecule has 1 fully saturated rings. The maximum Gasteiger partial charge on any atom is 0.338 e. The molecule has 0 aliphatic heterocycles. The molecule has 0 spiro atoms. The maximum atomic E-state index is 11.9. The number of halogens is 1. The average Bonchev–Trinajstić information content (AvgIpc) is 3.33. The van der Waals surface area contributed by atoms with Crippen LogP contribution >= 0.6 is 15.9 Å². The third kappa shape index (κ3) is 4.80. The molecule has 1 aliphatic rings. The molecule has 2 atom stereocenters. The van der Waals surface area contributed by atoms with E-state index in [1.54, 1.807) is 12.1 Å². The van der Waals surface area contributed by atoms with Crippen molar-refractivity contribution in [3.63, 3.8) is 0 Å². The number of carbonyl (C=O) groups is 1. The second-order valence-corrected chi connectivity index (χ2v) is 6.78. The lowest BCUT2D eigenvalue weighted by Crippen LogP contribution is -2.06. The quantitative estimate of drug-likeness (QED) is 0.641. The number of rotatable bonds is 6. The summed E-state index contributed by atoms with van der Waals surface area (Å²) in [4.78, 5) is 11.9. The van der Waals surface area contributed by atoms with Crippen molar-refractivity contribution < 1.29 is 9.53 Å². The normalized spacial score (nSPS) is 19.7. The number of ether oxygens (including phenoxy) is 1. The van der Waals surface area contributed by atoms with Crippen LogP contribution in [0.3, 0.4) is 0 Å². The predicted octanol–water partition coefficient (Wildman–Crippen LogP) is 5.35. The standard InChI is InChI=1S/C20H19BrO2/c21-19-10-8-16(9-11-19)20(22)23-13-12-18-14-17(18)7-6-15-4-2-1-3-5-15/h1-11,17-18H,12-14H2/b7-6+/t17-,18-/m1/s1. The molecule has 0 unspecified atom stereocenters. The zero-order chi connectivity index (χ0) is 16.1. The first-order valence-electron chi connectivity index (χ1n) is 7.88. The molecular formula is C20H19BrO2. The molecule has 3 heteroatoms. The zero-order valence-corrected chi connectivity index (χ0v) is 14.4. The Morgan fingerprint density at radius 1 is 1.13 bits per heavy atom. The molecule has 118 valence electrons. The predicted molar refractivity (Wildman–Crippen MR) is 96.1 cm³/mol. The first kappa shape index (κ1) is 16.0.